The van der Waals surface area contributed by atoms with Crippen LogP contribution in [0.5, 0.6) is 0 Å². The maximum atomic E-state index is 12.2. The highest BCUT2D eigenvalue weighted by molar-refractivity contribution is 7.91. The lowest BCUT2D eigenvalue weighted by Gasteiger charge is -2.20. The minimum absolute atomic E-state index is 0.00241. The largest absolute Gasteiger partial charge is 0.382 e. The molecule has 0 fully saturated rings. The topological polar surface area (TPSA) is 96.6 Å². The van der Waals surface area contributed by atoms with Gasteiger partial charge in [-0.25, -0.2) is 8.42 Å². The number of rotatable bonds is 6. The van der Waals surface area contributed by atoms with E-state index in [1.54, 1.807) is 33.0 Å². The van der Waals surface area contributed by atoms with Crippen molar-refractivity contribution >= 4 is 38.1 Å². The summed E-state index contributed by atoms with van der Waals surface area (Å²) >= 11 is 0.992. The Labute approximate surface area is 123 Å². The standard InChI is InChI=1S/C11H20N4O3S2/c1-5-6-20(17,18)9-10(12)13-19-11(9)15(4)7-8(16)14(2)3/h5-7H2,1-4H3,(H2,12,13). The molecule has 1 heterocycles. The van der Waals surface area contributed by atoms with Crippen LogP contribution in [0, 0.1) is 0 Å². The Morgan fingerprint density at radius 3 is 2.45 bits per heavy atom. The fourth-order valence-electron chi connectivity index (χ4n) is 1.61. The Balaban J connectivity index is 3.12. The molecule has 0 aliphatic heterocycles. The summed E-state index contributed by atoms with van der Waals surface area (Å²) in [6, 6.07) is 0. The molecule has 1 amide bonds. The number of anilines is 2. The molecule has 0 spiro atoms. The number of amides is 1. The lowest BCUT2D eigenvalue weighted by atomic mass is 10.4. The molecule has 0 saturated heterocycles. The van der Waals surface area contributed by atoms with Crippen LogP contribution >= 0.6 is 11.5 Å². The van der Waals surface area contributed by atoms with Crippen molar-refractivity contribution in [2.24, 2.45) is 0 Å². The van der Waals surface area contributed by atoms with Gasteiger partial charge < -0.3 is 15.5 Å². The predicted octanol–water partition coefficient (Wildman–Crippen LogP) is 0.433. The molecule has 2 N–H and O–H groups in total. The van der Waals surface area contributed by atoms with Crippen molar-refractivity contribution in [2.45, 2.75) is 18.2 Å². The predicted molar refractivity (Wildman–Crippen MR) is 80.8 cm³/mol. The van der Waals surface area contributed by atoms with Gasteiger partial charge in [0.05, 0.1) is 12.3 Å². The number of nitrogens with zero attached hydrogens (tertiary/aromatic N) is 3. The molecule has 0 aromatic carbocycles. The SMILES string of the molecule is CCCS(=O)(=O)c1c(N)nsc1N(C)CC(=O)N(C)C. The summed E-state index contributed by atoms with van der Waals surface area (Å²) in [5.74, 6) is -0.112. The molecule has 114 valence electrons. The van der Waals surface area contributed by atoms with Gasteiger partial charge >= 0.3 is 0 Å². The minimum atomic E-state index is -3.47. The monoisotopic (exact) mass is 320 g/mol. The highest BCUT2D eigenvalue weighted by atomic mass is 32.2. The van der Waals surface area contributed by atoms with Gasteiger partial charge in [-0.15, -0.1) is 0 Å². The van der Waals surface area contributed by atoms with E-state index in [1.165, 1.54) is 4.90 Å². The fourth-order valence-corrected chi connectivity index (χ4v) is 4.35. The van der Waals surface area contributed by atoms with E-state index < -0.39 is 9.84 Å². The first-order chi connectivity index (χ1) is 9.20. The molecule has 1 aromatic heterocycles. The smallest absolute Gasteiger partial charge is 0.241 e. The lowest BCUT2D eigenvalue weighted by Crippen LogP contribution is -2.34. The van der Waals surface area contributed by atoms with E-state index in [1.807, 2.05) is 0 Å². The number of hydrogen-bond donors (Lipinski definition) is 1. The van der Waals surface area contributed by atoms with E-state index in [0.717, 1.165) is 11.5 Å². The third kappa shape index (κ3) is 3.60. The molecule has 0 radical (unpaired) electrons. The molecule has 0 aliphatic carbocycles. The second-order valence-corrected chi connectivity index (χ2v) is 7.46. The number of aromatic nitrogens is 1. The number of carbonyl (C=O) groups excluding carboxylic acids is 1. The number of nitrogens with two attached hydrogens (primary N) is 1. The van der Waals surface area contributed by atoms with Gasteiger partial charge in [0.1, 0.15) is 9.90 Å². The molecule has 1 rings (SSSR count). The zero-order chi connectivity index (χ0) is 15.5. The van der Waals surface area contributed by atoms with Crippen molar-refractivity contribution < 1.29 is 13.2 Å². The Hall–Kier alpha value is -1.35. The van der Waals surface area contributed by atoms with Crippen LogP contribution in [0.2, 0.25) is 0 Å². The molecular weight excluding hydrogens is 300 g/mol. The van der Waals surface area contributed by atoms with Crippen LogP contribution < -0.4 is 10.6 Å². The summed E-state index contributed by atoms with van der Waals surface area (Å²) < 4.78 is 28.4. The van der Waals surface area contributed by atoms with Gasteiger partial charge in [-0.2, -0.15) is 4.37 Å². The second-order valence-electron chi connectivity index (χ2n) is 4.67. The Morgan fingerprint density at radius 2 is 1.95 bits per heavy atom. The van der Waals surface area contributed by atoms with Crippen molar-refractivity contribution in [2.75, 3.05) is 44.1 Å². The zero-order valence-corrected chi connectivity index (χ0v) is 13.7. The molecule has 20 heavy (non-hydrogen) atoms. The van der Waals surface area contributed by atoms with E-state index in [2.05, 4.69) is 4.37 Å². The first-order valence-corrected chi connectivity index (χ1v) is 8.52. The van der Waals surface area contributed by atoms with E-state index in [4.69, 9.17) is 5.73 Å². The van der Waals surface area contributed by atoms with Crippen molar-refractivity contribution in [1.82, 2.24) is 9.27 Å². The normalized spacial score (nSPS) is 11.4. The Bertz CT molecular complexity index is 580. The van der Waals surface area contributed by atoms with Crippen LogP contribution in [-0.2, 0) is 14.6 Å². The van der Waals surface area contributed by atoms with E-state index >= 15 is 0 Å². The van der Waals surface area contributed by atoms with Gasteiger partial charge in [-0.05, 0) is 18.0 Å². The summed E-state index contributed by atoms with van der Waals surface area (Å²) in [6.07, 6.45) is 0.497. The maximum absolute atomic E-state index is 12.2. The van der Waals surface area contributed by atoms with Gasteiger partial charge in [0.25, 0.3) is 0 Å². The third-order valence-corrected chi connectivity index (χ3v) is 5.74. The quantitative estimate of drug-likeness (QED) is 0.816. The fraction of sp³-hybridized carbons (Fsp3) is 0.636. The van der Waals surface area contributed by atoms with E-state index in [0.29, 0.717) is 11.4 Å². The maximum Gasteiger partial charge on any atom is 0.241 e. The van der Waals surface area contributed by atoms with Crippen molar-refractivity contribution in [3.63, 3.8) is 0 Å². The molecule has 0 unspecified atom stereocenters. The van der Waals surface area contributed by atoms with Crippen LogP contribution in [0.3, 0.4) is 0 Å². The molecule has 0 saturated carbocycles. The lowest BCUT2D eigenvalue weighted by molar-refractivity contribution is -0.127. The van der Waals surface area contributed by atoms with Crippen molar-refractivity contribution in [3.8, 4) is 0 Å². The van der Waals surface area contributed by atoms with E-state index in [-0.39, 0.29) is 28.9 Å². The average Bonchev–Trinajstić information content (AvgIpc) is 2.71. The molecule has 1 aromatic rings. The molecule has 9 heteroatoms. The van der Waals surface area contributed by atoms with Crippen LogP contribution in [0.15, 0.2) is 4.90 Å². The summed E-state index contributed by atoms with van der Waals surface area (Å²) in [5, 5.41) is 0.408. The number of nitrogen functional groups attached to an aromatic ring is 1. The summed E-state index contributed by atoms with van der Waals surface area (Å²) in [4.78, 5) is 14.8. The van der Waals surface area contributed by atoms with Gasteiger partial charge in [0.15, 0.2) is 15.7 Å². The summed E-state index contributed by atoms with van der Waals surface area (Å²) in [6.45, 7) is 1.86. The highest BCUT2D eigenvalue weighted by Gasteiger charge is 2.27. The molecular formula is C11H20N4O3S2. The summed E-state index contributed by atoms with van der Waals surface area (Å²) in [5.41, 5.74) is 5.68. The Morgan fingerprint density at radius 1 is 1.35 bits per heavy atom. The average molecular weight is 320 g/mol. The van der Waals surface area contributed by atoms with E-state index in [9.17, 15) is 13.2 Å². The van der Waals surface area contributed by atoms with Crippen LogP contribution in [0.4, 0.5) is 10.8 Å². The number of likely N-dealkylation sites (N-methyl/N-ethyl adjacent to an activating group) is 2. The zero-order valence-electron chi connectivity index (χ0n) is 12.1. The molecule has 7 nitrogen and oxygen atoms in total. The highest BCUT2D eigenvalue weighted by Crippen LogP contribution is 2.34. The first-order valence-electron chi connectivity index (χ1n) is 6.09. The van der Waals surface area contributed by atoms with Gasteiger partial charge in [0, 0.05) is 21.1 Å². The molecule has 0 atom stereocenters. The molecule has 0 aliphatic rings. The summed E-state index contributed by atoms with van der Waals surface area (Å²) in [7, 11) is 1.47. The van der Waals surface area contributed by atoms with Crippen molar-refractivity contribution in [1.29, 1.82) is 0 Å². The number of carbonyl (C=O) groups is 1. The Kier molecular flexibility index (Phi) is 5.35. The van der Waals surface area contributed by atoms with Gasteiger partial charge in [-0.1, -0.05) is 6.92 Å². The van der Waals surface area contributed by atoms with Gasteiger partial charge in [0.2, 0.25) is 5.91 Å². The number of sulfone groups is 1. The number of hydrogen-bond acceptors (Lipinski definition) is 7. The van der Waals surface area contributed by atoms with Crippen LogP contribution in [0.1, 0.15) is 13.3 Å². The molecule has 0 bridgehead atoms. The van der Waals surface area contributed by atoms with Crippen LogP contribution in [-0.4, -0.2) is 57.0 Å². The van der Waals surface area contributed by atoms with Crippen LogP contribution in [0.25, 0.3) is 0 Å². The third-order valence-electron chi connectivity index (χ3n) is 2.66. The minimum Gasteiger partial charge on any atom is -0.382 e. The van der Waals surface area contributed by atoms with Crippen molar-refractivity contribution in [3.05, 3.63) is 0 Å². The first kappa shape index (κ1) is 16.7. The second kappa shape index (κ2) is 6.40. The van der Waals surface area contributed by atoms with Gasteiger partial charge in [-0.3, -0.25) is 4.79 Å².